The molecule has 0 N–H and O–H groups in total. The van der Waals surface area contributed by atoms with E-state index in [9.17, 15) is 48.3 Å². The average molecular weight is 612 g/mol. The van der Waals surface area contributed by atoms with Gasteiger partial charge in [0.2, 0.25) is 0 Å². The van der Waals surface area contributed by atoms with E-state index in [1.54, 1.807) is 6.08 Å². The standard InChI is InChI=1S/C31H15F11O/c1-2-3-4-15-7-20(32)19(21(33)8-15)6-5-16-9-22(34)28(23(35)10-16)17-11-24(36)29(25(37)12-17)31(41,42)43-18-13-26(38)30(40)27(39)14-18/h2,7-14H,1,3-4H2. The molecule has 0 saturated heterocycles. The third-order valence-electron chi connectivity index (χ3n) is 5.94. The number of rotatable bonds is 7. The summed E-state index contributed by atoms with van der Waals surface area (Å²) in [5.74, 6) is -11.9. The number of hydrogen-bond donors (Lipinski definition) is 0. The van der Waals surface area contributed by atoms with Crippen molar-refractivity contribution < 1.29 is 53.0 Å². The summed E-state index contributed by atoms with van der Waals surface area (Å²) in [7, 11) is 0. The fourth-order valence-electron chi connectivity index (χ4n) is 4.00. The largest absolute Gasteiger partial charge is 0.432 e. The number of halogens is 11. The van der Waals surface area contributed by atoms with Crippen molar-refractivity contribution in [3.63, 3.8) is 0 Å². The van der Waals surface area contributed by atoms with Gasteiger partial charge in [0.15, 0.2) is 17.5 Å². The Labute approximate surface area is 236 Å². The normalized spacial score (nSPS) is 11.2. The van der Waals surface area contributed by atoms with E-state index in [0.29, 0.717) is 30.5 Å². The Bertz CT molecular complexity index is 1710. The topological polar surface area (TPSA) is 9.23 Å². The smallest absolute Gasteiger partial charge is 0.429 e. The molecule has 0 heterocycles. The van der Waals surface area contributed by atoms with Crippen molar-refractivity contribution in [1.82, 2.24) is 0 Å². The third-order valence-corrected chi connectivity index (χ3v) is 5.94. The van der Waals surface area contributed by atoms with Crippen molar-refractivity contribution in [3.05, 3.63) is 136 Å². The van der Waals surface area contributed by atoms with Crippen molar-refractivity contribution in [2.75, 3.05) is 0 Å². The monoisotopic (exact) mass is 612 g/mol. The van der Waals surface area contributed by atoms with Crippen LogP contribution in [-0.4, -0.2) is 0 Å². The minimum atomic E-state index is -4.92. The van der Waals surface area contributed by atoms with Gasteiger partial charge in [0.1, 0.15) is 46.2 Å². The molecule has 0 aliphatic carbocycles. The lowest BCUT2D eigenvalue weighted by atomic mass is 9.99. The van der Waals surface area contributed by atoms with Crippen LogP contribution < -0.4 is 4.74 Å². The zero-order chi connectivity index (χ0) is 31.6. The Balaban J connectivity index is 1.65. The highest BCUT2D eigenvalue weighted by Crippen LogP contribution is 2.38. The van der Waals surface area contributed by atoms with Gasteiger partial charge in [-0.2, -0.15) is 8.78 Å². The quantitative estimate of drug-likeness (QED) is 0.0875. The second-order valence-corrected chi connectivity index (χ2v) is 8.96. The summed E-state index contributed by atoms with van der Waals surface area (Å²) in [6, 6.07) is 3.55. The first kappa shape index (κ1) is 31.2. The molecule has 43 heavy (non-hydrogen) atoms. The minimum Gasteiger partial charge on any atom is -0.429 e. The molecule has 1 nitrogen and oxygen atoms in total. The molecule has 0 spiro atoms. The van der Waals surface area contributed by atoms with E-state index in [-0.39, 0.29) is 24.3 Å². The van der Waals surface area contributed by atoms with Crippen LogP contribution in [0, 0.1) is 64.2 Å². The molecule has 12 heteroatoms. The molecule has 0 atom stereocenters. The van der Waals surface area contributed by atoms with Gasteiger partial charge in [0, 0.05) is 17.7 Å². The van der Waals surface area contributed by atoms with Gasteiger partial charge in [0.25, 0.3) is 0 Å². The zero-order valence-corrected chi connectivity index (χ0v) is 21.4. The van der Waals surface area contributed by atoms with Gasteiger partial charge in [-0.1, -0.05) is 17.9 Å². The van der Waals surface area contributed by atoms with Crippen LogP contribution in [-0.2, 0) is 12.5 Å². The van der Waals surface area contributed by atoms with Crippen molar-refractivity contribution in [2.24, 2.45) is 0 Å². The molecule has 0 amide bonds. The van der Waals surface area contributed by atoms with Crippen LogP contribution in [0.4, 0.5) is 48.3 Å². The van der Waals surface area contributed by atoms with Crippen molar-refractivity contribution in [2.45, 2.75) is 19.0 Å². The Morgan fingerprint density at radius 2 is 1.19 bits per heavy atom. The Morgan fingerprint density at radius 3 is 1.70 bits per heavy atom. The third kappa shape index (κ3) is 6.66. The Hall–Kier alpha value is -4.79. The number of alkyl halides is 2. The van der Waals surface area contributed by atoms with Crippen molar-refractivity contribution in [3.8, 4) is 28.7 Å². The summed E-state index contributed by atoms with van der Waals surface area (Å²) in [5.41, 5.74) is -4.80. The number of hydrogen-bond acceptors (Lipinski definition) is 1. The van der Waals surface area contributed by atoms with Gasteiger partial charge in [-0.05, 0) is 60.4 Å². The molecule has 4 aromatic carbocycles. The summed E-state index contributed by atoms with van der Waals surface area (Å²) >= 11 is 0. The lowest BCUT2D eigenvalue weighted by Crippen LogP contribution is -2.25. The highest BCUT2D eigenvalue weighted by atomic mass is 19.3. The molecule has 222 valence electrons. The highest BCUT2D eigenvalue weighted by Gasteiger charge is 2.42. The molecule has 0 unspecified atom stereocenters. The fraction of sp³-hybridized carbons (Fsp3) is 0.0968. The number of allylic oxidation sites excluding steroid dienone is 1. The molecular formula is C31H15F11O. The molecule has 0 aliphatic heterocycles. The van der Waals surface area contributed by atoms with Gasteiger partial charge in [-0.3, -0.25) is 0 Å². The molecular weight excluding hydrogens is 597 g/mol. The van der Waals surface area contributed by atoms with Crippen LogP contribution in [0.25, 0.3) is 11.1 Å². The zero-order valence-electron chi connectivity index (χ0n) is 21.4. The molecule has 0 radical (unpaired) electrons. The Kier molecular flexibility index (Phi) is 8.85. The van der Waals surface area contributed by atoms with E-state index >= 15 is 0 Å². The predicted octanol–water partition coefficient (Wildman–Crippen LogP) is 9.25. The summed E-state index contributed by atoms with van der Waals surface area (Å²) in [5, 5.41) is 0. The van der Waals surface area contributed by atoms with E-state index < -0.39 is 92.0 Å². The summed E-state index contributed by atoms with van der Waals surface area (Å²) in [6.45, 7) is 3.51. The second-order valence-electron chi connectivity index (χ2n) is 8.96. The van der Waals surface area contributed by atoms with E-state index in [1.165, 1.54) is 0 Å². The van der Waals surface area contributed by atoms with E-state index in [4.69, 9.17) is 0 Å². The maximum absolute atomic E-state index is 14.9. The van der Waals surface area contributed by atoms with Gasteiger partial charge in [-0.25, -0.2) is 39.5 Å². The van der Waals surface area contributed by atoms with Gasteiger partial charge in [0.05, 0.1) is 11.1 Å². The van der Waals surface area contributed by atoms with Crippen LogP contribution in [0.2, 0.25) is 0 Å². The van der Waals surface area contributed by atoms with Crippen molar-refractivity contribution >= 4 is 0 Å². The first-order chi connectivity index (χ1) is 20.2. The first-order valence-electron chi connectivity index (χ1n) is 12.0. The van der Waals surface area contributed by atoms with Crippen LogP contribution >= 0.6 is 0 Å². The number of benzene rings is 4. The predicted molar refractivity (Wildman–Crippen MR) is 133 cm³/mol. The summed E-state index contributed by atoms with van der Waals surface area (Å²) in [4.78, 5) is 0. The van der Waals surface area contributed by atoms with E-state index in [2.05, 4.69) is 23.2 Å². The first-order valence-corrected chi connectivity index (χ1v) is 12.0. The van der Waals surface area contributed by atoms with Crippen LogP contribution in [0.3, 0.4) is 0 Å². The van der Waals surface area contributed by atoms with E-state index in [0.717, 1.165) is 12.1 Å². The molecule has 0 aliphatic rings. The molecule has 0 fully saturated rings. The average Bonchev–Trinajstić information content (AvgIpc) is 2.89. The lowest BCUT2D eigenvalue weighted by Gasteiger charge is -2.20. The summed E-state index contributed by atoms with van der Waals surface area (Å²) < 4.78 is 161. The fourth-order valence-corrected chi connectivity index (χ4v) is 4.00. The molecule has 0 bridgehead atoms. The second kappa shape index (κ2) is 12.2. The molecule has 0 saturated carbocycles. The number of ether oxygens (including phenoxy) is 1. The van der Waals surface area contributed by atoms with Crippen LogP contribution in [0.15, 0.2) is 61.2 Å². The highest BCUT2D eigenvalue weighted by molar-refractivity contribution is 5.67. The molecule has 4 rings (SSSR count). The van der Waals surface area contributed by atoms with Gasteiger partial charge >= 0.3 is 6.11 Å². The maximum Gasteiger partial charge on any atom is 0.432 e. The van der Waals surface area contributed by atoms with Gasteiger partial charge in [-0.15, -0.1) is 6.58 Å². The SMILES string of the molecule is C=CCCc1cc(F)c(C#Cc2cc(F)c(-c3cc(F)c(C(F)(F)Oc4cc(F)c(F)c(F)c4)c(F)c3)c(F)c2)c(F)c1. The van der Waals surface area contributed by atoms with Crippen LogP contribution in [0.5, 0.6) is 5.75 Å². The van der Waals surface area contributed by atoms with E-state index in [1.807, 2.05) is 0 Å². The Morgan fingerprint density at radius 1 is 0.651 bits per heavy atom. The maximum atomic E-state index is 14.9. The van der Waals surface area contributed by atoms with Crippen molar-refractivity contribution in [1.29, 1.82) is 0 Å². The lowest BCUT2D eigenvalue weighted by molar-refractivity contribution is -0.189. The molecule has 4 aromatic rings. The molecule has 0 aromatic heterocycles. The number of aryl methyl sites for hydroxylation is 1. The minimum absolute atomic E-state index is 0.00782. The van der Waals surface area contributed by atoms with Gasteiger partial charge < -0.3 is 4.74 Å². The van der Waals surface area contributed by atoms with Crippen LogP contribution in [0.1, 0.15) is 28.7 Å². The summed E-state index contributed by atoms with van der Waals surface area (Å²) in [6.07, 6.45) is -2.60.